The third-order valence-corrected chi connectivity index (χ3v) is 2.51. The van der Waals surface area contributed by atoms with Gasteiger partial charge in [0.1, 0.15) is 17.5 Å². The number of aliphatic hydroxyl groups excluding tert-OH is 1. The number of ether oxygens (including phenoxy) is 1. The summed E-state index contributed by atoms with van der Waals surface area (Å²) in [5.41, 5.74) is 1.61. The number of aryl methyl sites for hydroxylation is 1. The largest absolute Gasteiger partial charge is 0.486 e. The molecule has 0 amide bonds. The number of nitrogens with zero attached hydrogens (tertiary/aromatic N) is 2. The molecule has 18 heavy (non-hydrogen) atoms. The van der Waals surface area contributed by atoms with Gasteiger partial charge in [0, 0.05) is 5.69 Å². The molecule has 4 nitrogen and oxygen atoms in total. The van der Waals surface area contributed by atoms with Gasteiger partial charge in [-0.15, -0.1) is 0 Å². The van der Waals surface area contributed by atoms with E-state index in [4.69, 9.17) is 21.4 Å². The van der Waals surface area contributed by atoms with E-state index in [9.17, 15) is 0 Å². The zero-order valence-corrected chi connectivity index (χ0v) is 10.7. The molecule has 0 aliphatic heterocycles. The van der Waals surface area contributed by atoms with E-state index in [1.165, 1.54) is 0 Å². The lowest BCUT2D eigenvalue weighted by Gasteiger charge is -2.07. The Kier molecular flexibility index (Phi) is 4.12. The molecular weight excluding hydrogens is 252 g/mol. The Labute approximate surface area is 110 Å². The quantitative estimate of drug-likeness (QED) is 0.862. The van der Waals surface area contributed by atoms with Crippen molar-refractivity contribution in [3.05, 3.63) is 52.6 Å². The fourth-order valence-corrected chi connectivity index (χ4v) is 1.79. The summed E-state index contributed by atoms with van der Waals surface area (Å²) in [6.07, 6.45) is 0. The topological polar surface area (TPSA) is 55.2 Å². The Morgan fingerprint density at radius 1 is 1.28 bits per heavy atom. The molecule has 1 aromatic heterocycles. The summed E-state index contributed by atoms with van der Waals surface area (Å²) in [5, 5.41) is 9.43. The molecule has 0 spiro atoms. The first-order valence-corrected chi connectivity index (χ1v) is 5.88. The number of aromatic nitrogens is 2. The van der Waals surface area contributed by atoms with Gasteiger partial charge in [0.15, 0.2) is 5.82 Å². The molecular formula is C13H13ClN2O2. The number of aliphatic hydroxyl groups is 1. The highest BCUT2D eigenvalue weighted by Crippen LogP contribution is 2.15. The van der Waals surface area contributed by atoms with E-state index in [0.717, 1.165) is 11.3 Å². The van der Waals surface area contributed by atoms with Gasteiger partial charge in [-0.05, 0) is 30.7 Å². The third kappa shape index (κ3) is 3.42. The second-order valence-corrected chi connectivity index (χ2v) is 4.23. The molecule has 94 valence electrons. The molecule has 0 aliphatic rings. The molecule has 0 bridgehead atoms. The van der Waals surface area contributed by atoms with Gasteiger partial charge in [-0.1, -0.05) is 23.7 Å². The van der Waals surface area contributed by atoms with Gasteiger partial charge in [-0.2, -0.15) is 0 Å². The summed E-state index contributed by atoms with van der Waals surface area (Å²) in [4.78, 5) is 8.29. The van der Waals surface area contributed by atoms with Crippen LogP contribution in [0.15, 0.2) is 30.3 Å². The lowest BCUT2D eigenvalue weighted by molar-refractivity contribution is 0.276. The Morgan fingerprint density at radius 3 is 2.83 bits per heavy atom. The van der Waals surface area contributed by atoms with Gasteiger partial charge in [-0.3, -0.25) is 0 Å². The number of benzene rings is 1. The number of halogens is 1. The van der Waals surface area contributed by atoms with Crippen LogP contribution in [0.2, 0.25) is 5.15 Å². The van der Waals surface area contributed by atoms with Gasteiger partial charge in [-0.25, -0.2) is 9.97 Å². The molecule has 5 heteroatoms. The van der Waals surface area contributed by atoms with Crippen molar-refractivity contribution in [1.29, 1.82) is 0 Å². The minimum atomic E-state index is -0.00995. The predicted molar refractivity (Wildman–Crippen MR) is 68.5 cm³/mol. The molecule has 0 atom stereocenters. The highest BCUT2D eigenvalue weighted by atomic mass is 35.5. The van der Waals surface area contributed by atoms with Crippen molar-refractivity contribution in [3.8, 4) is 5.75 Å². The first-order chi connectivity index (χ1) is 8.67. The zero-order chi connectivity index (χ0) is 13.0. The number of rotatable bonds is 4. The summed E-state index contributed by atoms with van der Waals surface area (Å²) in [5.74, 6) is 1.21. The van der Waals surface area contributed by atoms with Crippen molar-refractivity contribution in [2.75, 3.05) is 0 Å². The minimum Gasteiger partial charge on any atom is -0.486 e. The van der Waals surface area contributed by atoms with Crippen LogP contribution in [0.25, 0.3) is 0 Å². The molecule has 1 heterocycles. The molecule has 2 rings (SSSR count). The monoisotopic (exact) mass is 264 g/mol. The Balaban J connectivity index is 2.06. The van der Waals surface area contributed by atoms with E-state index >= 15 is 0 Å². The van der Waals surface area contributed by atoms with Crippen molar-refractivity contribution < 1.29 is 9.84 Å². The van der Waals surface area contributed by atoms with Crippen molar-refractivity contribution >= 4 is 11.6 Å². The molecule has 1 N–H and O–H groups in total. The van der Waals surface area contributed by atoms with Crippen LogP contribution in [0.4, 0.5) is 0 Å². The molecule has 0 saturated heterocycles. The molecule has 0 unspecified atom stereocenters. The maximum absolute atomic E-state index is 9.02. The smallest absolute Gasteiger partial charge is 0.167 e. The van der Waals surface area contributed by atoms with E-state index in [0.29, 0.717) is 16.7 Å². The van der Waals surface area contributed by atoms with E-state index in [-0.39, 0.29) is 13.2 Å². The lowest BCUT2D eigenvalue weighted by atomic mass is 10.2. The molecule has 0 saturated carbocycles. The highest BCUT2D eigenvalue weighted by molar-refractivity contribution is 6.29. The van der Waals surface area contributed by atoms with Crippen LogP contribution in [0.3, 0.4) is 0 Å². The van der Waals surface area contributed by atoms with Crippen molar-refractivity contribution in [2.45, 2.75) is 20.1 Å². The Hall–Kier alpha value is -1.65. The van der Waals surface area contributed by atoms with Crippen molar-refractivity contribution in [3.63, 3.8) is 0 Å². The van der Waals surface area contributed by atoms with Crippen molar-refractivity contribution in [1.82, 2.24) is 9.97 Å². The van der Waals surface area contributed by atoms with Crippen LogP contribution in [-0.2, 0) is 13.2 Å². The molecule has 2 aromatic rings. The van der Waals surface area contributed by atoms with Crippen LogP contribution in [-0.4, -0.2) is 15.1 Å². The molecule has 0 fully saturated rings. The SMILES string of the molecule is Cc1cc(Cl)nc(COc2cccc(CO)c2)n1. The molecule has 0 aliphatic carbocycles. The second kappa shape index (κ2) is 5.80. The number of hydrogen-bond acceptors (Lipinski definition) is 4. The first kappa shape index (κ1) is 12.8. The summed E-state index contributed by atoms with van der Waals surface area (Å²) in [7, 11) is 0. The maximum atomic E-state index is 9.02. The summed E-state index contributed by atoms with van der Waals surface area (Å²) in [6, 6.07) is 8.93. The predicted octanol–water partition coefficient (Wildman–Crippen LogP) is 2.51. The second-order valence-electron chi connectivity index (χ2n) is 3.84. The van der Waals surface area contributed by atoms with Crippen LogP contribution < -0.4 is 4.74 Å². The normalized spacial score (nSPS) is 10.4. The van der Waals surface area contributed by atoms with E-state index in [1.807, 2.05) is 25.1 Å². The van der Waals surface area contributed by atoms with Crippen LogP contribution >= 0.6 is 11.6 Å². The fourth-order valence-electron chi connectivity index (χ4n) is 1.53. The van der Waals surface area contributed by atoms with Crippen molar-refractivity contribution in [2.24, 2.45) is 0 Å². The van der Waals surface area contributed by atoms with Gasteiger partial charge in [0.05, 0.1) is 6.61 Å². The van der Waals surface area contributed by atoms with Gasteiger partial charge >= 0.3 is 0 Å². The standard InChI is InChI=1S/C13H13ClN2O2/c1-9-5-12(14)16-13(15-9)8-18-11-4-2-3-10(6-11)7-17/h2-6,17H,7-8H2,1H3. The molecule has 1 aromatic carbocycles. The highest BCUT2D eigenvalue weighted by Gasteiger charge is 2.02. The van der Waals surface area contributed by atoms with Crippen LogP contribution in [0.1, 0.15) is 17.1 Å². The minimum absolute atomic E-state index is 0.00995. The van der Waals surface area contributed by atoms with E-state index < -0.39 is 0 Å². The third-order valence-electron chi connectivity index (χ3n) is 2.32. The van der Waals surface area contributed by atoms with Gasteiger partial charge in [0.25, 0.3) is 0 Å². The summed E-state index contributed by atoms with van der Waals surface area (Å²) in [6.45, 7) is 2.09. The van der Waals surface area contributed by atoms with Crippen LogP contribution in [0, 0.1) is 6.92 Å². The average Bonchev–Trinajstić information content (AvgIpc) is 2.35. The molecule has 0 radical (unpaired) electrons. The maximum Gasteiger partial charge on any atom is 0.167 e. The first-order valence-electron chi connectivity index (χ1n) is 5.50. The summed E-state index contributed by atoms with van der Waals surface area (Å²) < 4.78 is 5.55. The Bertz CT molecular complexity index is 526. The fraction of sp³-hybridized carbons (Fsp3) is 0.231. The summed E-state index contributed by atoms with van der Waals surface area (Å²) >= 11 is 5.84. The lowest BCUT2D eigenvalue weighted by Crippen LogP contribution is -2.03. The van der Waals surface area contributed by atoms with Gasteiger partial charge in [0.2, 0.25) is 0 Å². The number of hydrogen-bond donors (Lipinski definition) is 1. The van der Waals surface area contributed by atoms with Gasteiger partial charge < -0.3 is 9.84 Å². The van der Waals surface area contributed by atoms with E-state index in [2.05, 4.69) is 9.97 Å². The average molecular weight is 265 g/mol. The Morgan fingerprint density at radius 2 is 2.11 bits per heavy atom. The van der Waals surface area contributed by atoms with E-state index in [1.54, 1.807) is 12.1 Å². The zero-order valence-electron chi connectivity index (χ0n) is 9.93. The van der Waals surface area contributed by atoms with Crippen LogP contribution in [0.5, 0.6) is 5.75 Å².